The summed E-state index contributed by atoms with van der Waals surface area (Å²) in [6.07, 6.45) is 0. The zero-order valence-electron chi connectivity index (χ0n) is 8.87. The predicted molar refractivity (Wildman–Crippen MR) is 63.6 cm³/mol. The van der Waals surface area contributed by atoms with Crippen molar-refractivity contribution in [1.82, 2.24) is 15.2 Å². The first-order valence-corrected chi connectivity index (χ1v) is 6.25. The van der Waals surface area contributed by atoms with E-state index in [1.165, 1.54) is 4.88 Å². The van der Waals surface area contributed by atoms with Gasteiger partial charge in [-0.3, -0.25) is 0 Å². The molecule has 0 aliphatic rings. The van der Waals surface area contributed by atoms with E-state index in [0.717, 1.165) is 27.4 Å². The van der Waals surface area contributed by atoms with E-state index in [0.29, 0.717) is 0 Å². The van der Waals surface area contributed by atoms with Crippen molar-refractivity contribution < 1.29 is 0 Å². The highest BCUT2D eigenvalue weighted by atomic mass is 32.1. The molecule has 0 atom stereocenters. The molecule has 0 radical (unpaired) electrons. The van der Waals surface area contributed by atoms with Gasteiger partial charge < -0.3 is 5.32 Å². The van der Waals surface area contributed by atoms with E-state index in [4.69, 9.17) is 0 Å². The third-order valence-corrected chi connectivity index (χ3v) is 3.66. The second-order valence-electron chi connectivity index (χ2n) is 3.22. The Morgan fingerprint density at radius 2 is 1.87 bits per heavy atom. The summed E-state index contributed by atoms with van der Waals surface area (Å²) >= 11 is 3.29. The number of nitrogens with zero attached hydrogens (tertiary/aromatic N) is 3. The zero-order chi connectivity index (χ0) is 10.8. The van der Waals surface area contributed by atoms with Crippen LogP contribution in [0.5, 0.6) is 0 Å². The molecule has 0 amide bonds. The lowest BCUT2D eigenvalue weighted by Crippen LogP contribution is -2.00. The number of aromatic nitrogens is 3. The van der Waals surface area contributed by atoms with Crippen molar-refractivity contribution in [1.29, 1.82) is 0 Å². The Hall–Kier alpha value is -1.01. The highest BCUT2D eigenvalue weighted by Gasteiger charge is 2.05. The van der Waals surface area contributed by atoms with Crippen molar-refractivity contribution in [2.45, 2.75) is 27.3 Å². The standard InChI is InChI=1S/C9H12N4S2/c1-5-8(11-6(2)14-5)4-10-9-13-12-7(3)15-9/h4H2,1-3H3,(H,10,13). The molecule has 1 N–H and O–H groups in total. The largest absolute Gasteiger partial charge is 0.354 e. The SMILES string of the molecule is Cc1nnc(NCc2nc(C)sc2C)s1. The van der Waals surface area contributed by atoms with Gasteiger partial charge in [-0.2, -0.15) is 0 Å². The normalized spacial score (nSPS) is 10.6. The van der Waals surface area contributed by atoms with E-state index in [2.05, 4.69) is 27.4 Å². The Kier molecular flexibility index (Phi) is 2.97. The van der Waals surface area contributed by atoms with Crippen LogP contribution in [-0.4, -0.2) is 15.2 Å². The Morgan fingerprint density at radius 3 is 2.40 bits per heavy atom. The van der Waals surface area contributed by atoms with Crippen LogP contribution in [0.25, 0.3) is 0 Å². The first kappa shape index (κ1) is 10.5. The third kappa shape index (κ3) is 2.51. The van der Waals surface area contributed by atoms with Crippen molar-refractivity contribution in [2.24, 2.45) is 0 Å². The van der Waals surface area contributed by atoms with E-state index in [1.807, 2.05) is 13.8 Å². The first-order chi connectivity index (χ1) is 7.15. The lowest BCUT2D eigenvalue weighted by Gasteiger charge is -1.98. The molecule has 0 aromatic carbocycles. The van der Waals surface area contributed by atoms with Crippen LogP contribution in [0.3, 0.4) is 0 Å². The summed E-state index contributed by atoms with van der Waals surface area (Å²) < 4.78 is 0. The van der Waals surface area contributed by atoms with Crippen molar-refractivity contribution in [3.63, 3.8) is 0 Å². The van der Waals surface area contributed by atoms with Crippen LogP contribution in [-0.2, 0) is 6.54 Å². The van der Waals surface area contributed by atoms with Gasteiger partial charge in [-0.1, -0.05) is 11.3 Å². The Balaban J connectivity index is 2.01. The van der Waals surface area contributed by atoms with E-state index < -0.39 is 0 Å². The molecule has 0 bridgehead atoms. The molecule has 0 saturated carbocycles. The van der Waals surface area contributed by atoms with Gasteiger partial charge in [0.15, 0.2) is 0 Å². The van der Waals surface area contributed by atoms with Gasteiger partial charge in [0.1, 0.15) is 5.01 Å². The van der Waals surface area contributed by atoms with E-state index in [-0.39, 0.29) is 0 Å². The van der Waals surface area contributed by atoms with E-state index in [9.17, 15) is 0 Å². The number of hydrogen-bond acceptors (Lipinski definition) is 6. The van der Waals surface area contributed by atoms with Crippen LogP contribution in [0.2, 0.25) is 0 Å². The Labute approximate surface area is 96.4 Å². The molecule has 0 aliphatic carbocycles. The minimum absolute atomic E-state index is 0.727. The second kappa shape index (κ2) is 4.24. The summed E-state index contributed by atoms with van der Waals surface area (Å²) in [5, 5.41) is 14.1. The summed E-state index contributed by atoms with van der Waals surface area (Å²) in [5.41, 5.74) is 1.10. The Morgan fingerprint density at radius 1 is 1.07 bits per heavy atom. The van der Waals surface area contributed by atoms with Gasteiger partial charge in [-0.25, -0.2) is 4.98 Å². The summed E-state index contributed by atoms with van der Waals surface area (Å²) in [7, 11) is 0. The van der Waals surface area contributed by atoms with Gasteiger partial charge in [-0.15, -0.1) is 21.5 Å². The number of thiazole rings is 1. The van der Waals surface area contributed by atoms with Crippen molar-refractivity contribution >= 4 is 27.8 Å². The van der Waals surface area contributed by atoms with Gasteiger partial charge >= 0.3 is 0 Å². The third-order valence-electron chi connectivity index (χ3n) is 1.93. The van der Waals surface area contributed by atoms with Crippen LogP contribution in [0.1, 0.15) is 20.6 Å². The van der Waals surface area contributed by atoms with Crippen LogP contribution in [0, 0.1) is 20.8 Å². The maximum absolute atomic E-state index is 4.44. The van der Waals surface area contributed by atoms with Crippen molar-refractivity contribution in [3.8, 4) is 0 Å². The molecule has 0 spiro atoms. The van der Waals surface area contributed by atoms with Crippen LogP contribution >= 0.6 is 22.7 Å². The maximum Gasteiger partial charge on any atom is 0.205 e. The van der Waals surface area contributed by atoms with Crippen LogP contribution in [0.4, 0.5) is 5.13 Å². The molecular weight excluding hydrogens is 228 g/mol. The number of aryl methyl sites for hydroxylation is 3. The van der Waals surface area contributed by atoms with Gasteiger partial charge in [0, 0.05) is 4.88 Å². The van der Waals surface area contributed by atoms with Crippen LogP contribution in [0.15, 0.2) is 0 Å². The average molecular weight is 240 g/mol. The van der Waals surface area contributed by atoms with Crippen LogP contribution < -0.4 is 5.32 Å². The lowest BCUT2D eigenvalue weighted by molar-refractivity contribution is 0.996. The molecule has 80 valence electrons. The fourth-order valence-corrected chi connectivity index (χ4v) is 2.69. The Bertz CT molecular complexity index is 460. The van der Waals surface area contributed by atoms with Gasteiger partial charge in [0.2, 0.25) is 5.13 Å². The summed E-state index contributed by atoms with van der Waals surface area (Å²) in [4.78, 5) is 5.71. The fraction of sp³-hybridized carbons (Fsp3) is 0.444. The lowest BCUT2D eigenvalue weighted by atomic mass is 10.4. The van der Waals surface area contributed by atoms with E-state index >= 15 is 0 Å². The molecule has 4 nitrogen and oxygen atoms in total. The number of hydrogen-bond donors (Lipinski definition) is 1. The highest BCUT2D eigenvalue weighted by Crippen LogP contribution is 2.19. The monoisotopic (exact) mass is 240 g/mol. The van der Waals surface area contributed by atoms with Crippen molar-refractivity contribution in [2.75, 3.05) is 5.32 Å². The number of nitrogens with one attached hydrogen (secondary N) is 1. The molecule has 0 aliphatic heterocycles. The maximum atomic E-state index is 4.44. The van der Waals surface area contributed by atoms with Gasteiger partial charge in [-0.05, 0) is 20.8 Å². The number of rotatable bonds is 3. The zero-order valence-corrected chi connectivity index (χ0v) is 10.5. The molecule has 0 saturated heterocycles. The molecule has 15 heavy (non-hydrogen) atoms. The number of anilines is 1. The highest BCUT2D eigenvalue weighted by molar-refractivity contribution is 7.15. The van der Waals surface area contributed by atoms with E-state index in [1.54, 1.807) is 22.7 Å². The molecule has 2 heterocycles. The molecule has 0 unspecified atom stereocenters. The van der Waals surface area contributed by atoms with Gasteiger partial charge in [0.25, 0.3) is 0 Å². The summed E-state index contributed by atoms with van der Waals surface area (Å²) in [5.74, 6) is 0. The minimum atomic E-state index is 0.727. The van der Waals surface area contributed by atoms with Gasteiger partial charge in [0.05, 0.1) is 17.2 Å². The predicted octanol–water partition coefficient (Wildman–Crippen LogP) is 2.53. The minimum Gasteiger partial charge on any atom is -0.354 e. The fourth-order valence-electron chi connectivity index (χ4n) is 1.26. The molecule has 6 heteroatoms. The van der Waals surface area contributed by atoms with Crippen molar-refractivity contribution in [3.05, 3.63) is 20.6 Å². The summed E-state index contributed by atoms with van der Waals surface area (Å²) in [6, 6.07) is 0. The summed E-state index contributed by atoms with van der Waals surface area (Å²) in [6.45, 7) is 6.79. The average Bonchev–Trinajstić information content (AvgIpc) is 2.70. The topological polar surface area (TPSA) is 50.7 Å². The molecule has 2 aromatic rings. The second-order valence-corrected chi connectivity index (χ2v) is 5.80. The first-order valence-electron chi connectivity index (χ1n) is 4.62. The quantitative estimate of drug-likeness (QED) is 0.895. The molecule has 2 aromatic heterocycles. The molecule has 0 fully saturated rings. The smallest absolute Gasteiger partial charge is 0.205 e. The molecular formula is C9H12N4S2. The molecule has 2 rings (SSSR count).